The van der Waals surface area contributed by atoms with Crippen LogP contribution in [0.2, 0.25) is 0 Å². The van der Waals surface area contributed by atoms with Crippen molar-refractivity contribution in [2.75, 3.05) is 0 Å². The first-order valence-electron chi connectivity index (χ1n) is 8.20. The molecule has 0 aliphatic carbocycles. The van der Waals surface area contributed by atoms with Crippen LogP contribution < -0.4 is 4.74 Å². The van der Waals surface area contributed by atoms with Crippen molar-refractivity contribution in [2.45, 2.75) is 66.9 Å². The molecule has 1 N–H and O–H groups in total. The van der Waals surface area contributed by atoms with Crippen LogP contribution in [0.4, 0.5) is 0 Å². The Labute approximate surface area is 134 Å². The first kappa shape index (κ1) is 18.7. The van der Waals surface area contributed by atoms with E-state index in [-0.39, 0.29) is 11.4 Å². The van der Waals surface area contributed by atoms with Crippen molar-refractivity contribution >= 4 is 5.97 Å². The van der Waals surface area contributed by atoms with Gasteiger partial charge in [0, 0.05) is 0 Å². The highest BCUT2D eigenvalue weighted by Crippen LogP contribution is 2.40. The summed E-state index contributed by atoms with van der Waals surface area (Å²) >= 11 is 0. The average molecular weight is 306 g/mol. The monoisotopic (exact) mass is 306 g/mol. The average Bonchev–Trinajstić information content (AvgIpc) is 2.54. The van der Waals surface area contributed by atoms with Gasteiger partial charge < -0.3 is 9.84 Å². The third kappa shape index (κ3) is 4.10. The lowest BCUT2D eigenvalue weighted by molar-refractivity contribution is -0.144. The van der Waals surface area contributed by atoms with Gasteiger partial charge in [-0.15, -0.1) is 0 Å². The van der Waals surface area contributed by atoms with Gasteiger partial charge in [0.25, 0.3) is 0 Å². The predicted octanol–water partition coefficient (Wildman–Crippen LogP) is 4.89. The number of aliphatic hydroxyl groups excluding tert-OH is 1. The van der Waals surface area contributed by atoms with E-state index in [4.69, 9.17) is 4.74 Å². The van der Waals surface area contributed by atoms with Gasteiger partial charge in [0.1, 0.15) is 5.75 Å². The summed E-state index contributed by atoms with van der Waals surface area (Å²) in [4.78, 5) is 12.1. The Morgan fingerprint density at radius 1 is 1.05 bits per heavy atom. The predicted molar refractivity (Wildman–Crippen MR) is 89.8 cm³/mol. The molecule has 0 saturated heterocycles. The number of aliphatic hydroxyl groups is 1. The number of hydrogen-bond donors (Lipinski definition) is 1. The molecule has 1 aromatic rings. The molecule has 1 unspecified atom stereocenters. The summed E-state index contributed by atoms with van der Waals surface area (Å²) in [7, 11) is 0. The molecule has 0 radical (unpaired) electrons. The van der Waals surface area contributed by atoms with Crippen LogP contribution in [0.5, 0.6) is 5.75 Å². The van der Waals surface area contributed by atoms with Crippen molar-refractivity contribution in [3.63, 3.8) is 0 Å². The van der Waals surface area contributed by atoms with Crippen molar-refractivity contribution in [3.05, 3.63) is 29.8 Å². The fourth-order valence-corrected chi connectivity index (χ4v) is 2.15. The largest absolute Gasteiger partial charge is 0.426 e. The first-order valence-corrected chi connectivity index (χ1v) is 8.20. The van der Waals surface area contributed by atoms with E-state index >= 15 is 0 Å². The Bertz CT molecular complexity index is 484. The summed E-state index contributed by atoms with van der Waals surface area (Å²) in [5, 5.41) is 10.6. The van der Waals surface area contributed by atoms with Crippen molar-refractivity contribution in [1.82, 2.24) is 0 Å². The molecule has 0 amide bonds. The maximum absolute atomic E-state index is 12.1. The molecule has 0 aromatic heterocycles. The number of benzene rings is 1. The standard InChI is InChI=1S/C19H30O3/c1-7-18(4,5)17(21)22-15-12-10-14(11-13-15)16(20)19(6,8-2)9-3/h10-13,16,20H,7-9H2,1-6H3. The molecule has 0 aliphatic rings. The van der Waals surface area contributed by atoms with Crippen molar-refractivity contribution in [3.8, 4) is 5.75 Å². The van der Waals surface area contributed by atoms with Crippen molar-refractivity contribution in [1.29, 1.82) is 0 Å². The van der Waals surface area contributed by atoms with E-state index in [0.29, 0.717) is 5.75 Å². The number of rotatable bonds is 7. The molecule has 0 saturated carbocycles. The van der Waals surface area contributed by atoms with E-state index in [9.17, 15) is 9.90 Å². The molecular weight excluding hydrogens is 276 g/mol. The third-order valence-electron chi connectivity index (χ3n) is 5.12. The summed E-state index contributed by atoms with van der Waals surface area (Å²) in [6.07, 6.45) is 2.03. The molecule has 1 atom stereocenters. The summed E-state index contributed by atoms with van der Waals surface area (Å²) in [6, 6.07) is 7.20. The van der Waals surface area contributed by atoms with Crippen molar-refractivity contribution < 1.29 is 14.6 Å². The number of carbonyl (C=O) groups excluding carboxylic acids is 1. The topological polar surface area (TPSA) is 46.5 Å². The van der Waals surface area contributed by atoms with Gasteiger partial charge in [0.2, 0.25) is 0 Å². The van der Waals surface area contributed by atoms with E-state index in [1.807, 2.05) is 32.9 Å². The Morgan fingerprint density at radius 3 is 1.95 bits per heavy atom. The Hall–Kier alpha value is -1.35. The van der Waals surface area contributed by atoms with Crippen LogP contribution >= 0.6 is 0 Å². The zero-order valence-electron chi connectivity index (χ0n) is 14.8. The van der Waals surface area contributed by atoms with Crippen LogP contribution in [0.1, 0.15) is 72.5 Å². The molecule has 1 aromatic carbocycles. The van der Waals surface area contributed by atoms with Gasteiger partial charge >= 0.3 is 5.97 Å². The minimum Gasteiger partial charge on any atom is -0.426 e. The number of ether oxygens (including phenoxy) is 1. The van der Waals surface area contributed by atoms with Crippen LogP contribution in [0.25, 0.3) is 0 Å². The van der Waals surface area contributed by atoms with Gasteiger partial charge in [-0.05, 0) is 56.2 Å². The molecule has 0 heterocycles. The Kier molecular flexibility index (Phi) is 6.18. The fraction of sp³-hybridized carbons (Fsp3) is 0.632. The molecule has 3 heteroatoms. The van der Waals surface area contributed by atoms with E-state index in [0.717, 1.165) is 24.8 Å². The first-order chi connectivity index (χ1) is 10.2. The highest BCUT2D eigenvalue weighted by molar-refractivity contribution is 5.78. The molecule has 22 heavy (non-hydrogen) atoms. The number of esters is 1. The minimum atomic E-state index is -0.515. The van der Waals surface area contributed by atoms with Crippen LogP contribution in [-0.4, -0.2) is 11.1 Å². The second-order valence-electron chi connectivity index (χ2n) is 6.96. The van der Waals surface area contributed by atoms with E-state index in [1.54, 1.807) is 12.1 Å². The van der Waals surface area contributed by atoms with Crippen LogP contribution in [0.15, 0.2) is 24.3 Å². The maximum atomic E-state index is 12.1. The molecule has 0 spiro atoms. The van der Waals surface area contributed by atoms with E-state index < -0.39 is 11.5 Å². The fourth-order valence-electron chi connectivity index (χ4n) is 2.15. The van der Waals surface area contributed by atoms with Crippen molar-refractivity contribution in [2.24, 2.45) is 10.8 Å². The second-order valence-corrected chi connectivity index (χ2v) is 6.96. The molecule has 124 valence electrons. The normalized spacial score (nSPS) is 13.8. The third-order valence-corrected chi connectivity index (χ3v) is 5.12. The molecule has 1 rings (SSSR count). The Morgan fingerprint density at radius 2 is 1.55 bits per heavy atom. The summed E-state index contributed by atoms with van der Waals surface area (Å²) in [6.45, 7) is 12.0. The number of hydrogen-bond acceptors (Lipinski definition) is 3. The smallest absolute Gasteiger partial charge is 0.316 e. The van der Waals surface area contributed by atoms with Gasteiger partial charge in [0.15, 0.2) is 0 Å². The number of carbonyl (C=O) groups is 1. The van der Waals surface area contributed by atoms with Gasteiger partial charge in [-0.1, -0.05) is 39.8 Å². The lowest BCUT2D eigenvalue weighted by Crippen LogP contribution is -2.28. The van der Waals surface area contributed by atoms with Gasteiger partial charge in [-0.3, -0.25) is 4.79 Å². The second kappa shape index (κ2) is 7.28. The molecule has 3 nitrogen and oxygen atoms in total. The van der Waals surface area contributed by atoms with E-state index in [2.05, 4.69) is 20.8 Å². The SMILES string of the molecule is CCC(C)(C)C(=O)Oc1ccc(C(O)C(C)(CC)CC)cc1. The quantitative estimate of drug-likeness (QED) is 0.576. The summed E-state index contributed by atoms with van der Waals surface area (Å²) in [5.74, 6) is 0.299. The van der Waals surface area contributed by atoms with Crippen LogP contribution in [0, 0.1) is 10.8 Å². The van der Waals surface area contributed by atoms with Gasteiger partial charge in [-0.2, -0.15) is 0 Å². The highest BCUT2D eigenvalue weighted by Gasteiger charge is 2.31. The maximum Gasteiger partial charge on any atom is 0.316 e. The molecular formula is C19H30O3. The zero-order chi connectivity index (χ0) is 17.0. The molecule has 0 fully saturated rings. The summed E-state index contributed by atoms with van der Waals surface area (Å²) < 4.78 is 5.42. The van der Waals surface area contributed by atoms with Crippen LogP contribution in [-0.2, 0) is 4.79 Å². The minimum absolute atomic E-state index is 0.137. The lowest BCUT2D eigenvalue weighted by Gasteiger charge is -2.32. The Balaban J connectivity index is 2.85. The van der Waals surface area contributed by atoms with Gasteiger partial charge in [-0.25, -0.2) is 0 Å². The highest BCUT2D eigenvalue weighted by atomic mass is 16.5. The van der Waals surface area contributed by atoms with E-state index in [1.165, 1.54) is 0 Å². The molecule has 0 aliphatic heterocycles. The zero-order valence-corrected chi connectivity index (χ0v) is 14.8. The summed E-state index contributed by atoms with van der Waals surface area (Å²) in [5.41, 5.74) is 0.240. The van der Waals surface area contributed by atoms with Gasteiger partial charge in [0.05, 0.1) is 11.5 Å². The lowest BCUT2D eigenvalue weighted by atomic mass is 9.76. The van der Waals surface area contributed by atoms with Crippen LogP contribution in [0.3, 0.4) is 0 Å². The molecule has 0 bridgehead atoms.